The molecule has 138 valence electrons. The van der Waals surface area contributed by atoms with Crippen LogP contribution in [0, 0.1) is 6.07 Å². The third-order valence-corrected chi connectivity index (χ3v) is 5.76. The number of aromatic hydroxyl groups is 1. The Hall–Kier alpha value is -1.91. The van der Waals surface area contributed by atoms with Crippen LogP contribution < -0.4 is 10.6 Å². The van der Waals surface area contributed by atoms with E-state index in [1.165, 1.54) is 38.6 Å². The van der Waals surface area contributed by atoms with Crippen molar-refractivity contribution in [2.75, 3.05) is 16.9 Å². The van der Waals surface area contributed by atoms with Gasteiger partial charge in [-0.1, -0.05) is 5.69 Å². The van der Waals surface area contributed by atoms with E-state index in [1.54, 1.807) is 0 Å². The first-order valence-corrected chi connectivity index (χ1v) is 9.23. The summed E-state index contributed by atoms with van der Waals surface area (Å²) in [6.07, 6.45) is 4.85. The van der Waals surface area contributed by atoms with Crippen molar-refractivity contribution in [1.29, 1.82) is 0 Å². The first kappa shape index (κ1) is 23.1. The summed E-state index contributed by atoms with van der Waals surface area (Å²) in [4.78, 5) is 31.6. The number of anilines is 2. The zero-order valence-corrected chi connectivity index (χ0v) is 18.5. The Morgan fingerprint density at radius 2 is 1.78 bits per heavy atom. The Kier molecular flexibility index (Phi) is 7.59. The second-order valence-electron chi connectivity index (χ2n) is 5.96. The van der Waals surface area contributed by atoms with Crippen LogP contribution in [0.1, 0.15) is 24.2 Å². The van der Waals surface area contributed by atoms with Crippen molar-refractivity contribution in [2.24, 2.45) is 0 Å². The number of rotatable bonds is 5. The number of benzene rings is 1. The predicted molar refractivity (Wildman–Crippen MR) is 94.5 cm³/mol. The number of phenols is 1. The minimum Gasteiger partial charge on any atom is -0.531 e. The summed E-state index contributed by atoms with van der Waals surface area (Å²) in [7, 11) is -3.64. The number of aromatic nitrogens is 2. The van der Waals surface area contributed by atoms with Gasteiger partial charge in [0.05, 0.1) is 5.56 Å². The predicted octanol–water partition coefficient (Wildman–Crippen LogP) is 0.994. The Bertz CT molecular complexity index is 949. The molecule has 11 heteroatoms. The van der Waals surface area contributed by atoms with Crippen molar-refractivity contribution >= 4 is 33.0 Å². The van der Waals surface area contributed by atoms with Crippen LogP contribution in [0.4, 0.5) is 11.4 Å². The van der Waals surface area contributed by atoms with Gasteiger partial charge in [-0.25, -0.2) is 18.4 Å². The molecule has 0 spiro atoms. The molecule has 2 aromatic rings. The maximum Gasteiger partial charge on any atom is 3.00 e. The fraction of sp³-hybridized carbons (Fsp3) is 0.250. The van der Waals surface area contributed by atoms with Gasteiger partial charge in [0.1, 0.15) is 11.1 Å². The Balaban J connectivity index is 0.00000364. The van der Waals surface area contributed by atoms with Crippen LogP contribution in [-0.4, -0.2) is 46.3 Å². The number of nitrogens with zero attached hydrogens (tertiary/aromatic N) is 2. The third kappa shape index (κ3) is 5.54. The topological polar surface area (TPSA) is 138 Å². The van der Waals surface area contributed by atoms with E-state index in [0.717, 1.165) is 12.3 Å². The minimum absolute atomic E-state index is 0. The molecule has 2 rings (SSSR count). The fourth-order valence-corrected chi connectivity index (χ4v) is 2.09. The van der Waals surface area contributed by atoms with Crippen LogP contribution in [0.25, 0.3) is 0 Å². The summed E-state index contributed by atoms with van der Waals surface area (Å²) in [6, 6.07) is 5.05. The Morgan fingerprint density at radius 3 is 2.30 bits per heavy atom. The zero-order chi connectivity index (χ0) is 19.5. The molecule has 0 atom stereocenters. The molecule has 1 aromatic carbocycles. The molecular weight excluding hydrogens is 449 g/mol. The van der Waals surface area contributed by atoms with Crippen molar-refractivity contribution in [3.05, 3.63) is 42.5 Å². The maximum absolute atomic E-state index is 12.2. The van der Waals surface area contributed by atoms with Crippen LogP contribution in [0.15, 0.2) is 30.9 Å². The number of carbonyl (C=O) groups excluding carboxylic acids is 2. The molecule has 0 fully saturated rings. The van der Waals surface area contributed by atoms with Gasteiger partial charge in [0.25, 0.3) is 0 Å². The van der Waals surface area contributed by atoms with Crippen molar-refractivity contribution in [3.63, 3.8) is 0 Å². The van der Waals surface area contributed by atoms with Gasteiger partial charge in [-0.15, -0.1) is 12.1 Å². The van der Waals surface area contributed by atoms with E-state index in [1.807, 2.05) is 0 Å². The smallest absolute Gasteiger partial charge is 0.531 e. The van der Waals surface area contributed by atoms with E-state index in [2.05, 4.69) is 26.7 Å². The van der Waals surface area contributed by atoms with Gasteiger partial charge >= 0.3 is 32.7 Å². The molecule has 27 heavy (non-hydrogen) atoms. The van der Waals surface area contributed by atoms with Crippen LogP contribution in [0.3, 0.4) is 0 Å². The molecule has 0 radical (unpaired) electrons. The largest absolute Gasteiger partial charge is 3.00 e. The second kappa shape index (κ2) is 8.86. The number of sulfone groups is 1. The molecule has 1 heterocycles. The van der Waals surface area contributed by atoms with E-state index in [9.17, 15) is 23.1 Å². The van der Waals surface area contributed by atoms with Crippen molar-refractivity contribution in [1.82, 2.24) is 9.97 Å². The summed E-state index contributed by atoms with van der Waals surface area (Å²) in [5.41, 5.74) is 0.309. The van der Waals surface area contributed by atoms with Crippen LogP contribution in [0.2, 0.25) is 0 Å². The zero-order valence-electron chi connectivity index (χ0n) is 14.8. The summed E-state index contributed by atoms with van der Waals surface area (Å²) >= 11 is 0. The van der Waals surface area contributed by atoms with Gasteiger partial charge in [-0.2, -0.15) is 6.07 Å². The average molecular weight is 466 g/mol. The van der Waals surface area contributed by atoms with Crippen LogP contribution in [0.5, 0.6) is 5.75 Å². The normalized spacial score (nSPS) is 11.2. The molecule has 0 aliphatic rings. The standard InChI is InChI=1S/C16H17N4O5S.Y/c1-16(2,26(3,24)25)15(23)19-11-4-5-12(13(21)6-11)20-14(22)10-7-17-9-18-8-10;/h5-9,21H,1-3H3,(H,19,23)(H,20,22);/q-1;+3. The Labute approximate surface area is 181 Å². The molecule has 1 aromatic heterocycles. The molecule has 9 nitrogen and oxygen atoms in total. The summed E-state index contributed by atoms with van der Waals surface area (Å²) < 4.78 is 21.7. The summed E-state index contributed by atoms with van der Waals surface area (Å²) in [6.45, 7) is 2.54. The molecule has 2 amide bonds. The van der Waals surface area contributed by atoms with E-state index >= 15 is 0 Å². The first-order chi connectivity index (χ1) is 12.0. The minimum atomic E-state index is -3.64. The van der Waals surface area contributed by atoms with Crippen LogP contribution >= 0.6 is 0 Å². The molecule has 0 saturated heterocycles. The quantitative estimate of drug-likeness (QED) is 0.441. The van der Waals surface area contributed by atoms with E-state index < -0.39 is 26.4 Å². The number of phenolic OH excluding ortho intramolecular Hbond substituents is 1. The van der Waals surface area contributed by atoms with E-state index in [4.69, 9.17) is 0 Å². The van der Waals surface area contributed by atoms with Crippen LogP contribution in [-0.2, 0) is 47.3 Å². The van der Waals surface area contributed by atoms with Gasteiger partial charge in [0, 0.05) is 24.4 Å². The van der Waals surface area contributed by atoms with E-state index in [0.29, 0.717) is 0 Å². The third-order valence-electron chi connectivity index (χ3n) is 3.72. The average Bonchev–Trinajstić information content (AvgIpc) is 2.57. The second-order valence-corrected chi connectivity index (χ2v) is 8.53. The number of amides is 2. The summed E-state index contributed by atoms with van der Waals surface area (Å²) in [5, 5.41) is 14.9. The summed E-state index contributed by atoms with van der Waals surface area (Å²) in [5.74, 6) is -1.64. The molecule has 0 unspecified atom stereocenters. The van der Waals surface area contributed by atoms with Gasteiger partial charge < -0.3 is 15.7 Å². The molecule has 0 aliphatic heterocycles. The van der Waals surface area contributed by atoms with E-state index in [-0.39, 0.29) is 55.4 Å². The monoisotopic (exact) mass is 466 g/mol. The maximum atomic E-state index is 12.2. The van der Waals surface area contributed by atoms with Gasteiger partial charge in [-0.3, -0.25) is 9.59 Å². The van der Waals surface area contributed by atoms with Crippen molar-refractivity contribution < 1.29 is 55.8 Å². The first-order valence-electron chi connectivity index (χ1n) is 7.34. The number of nitrogens with one attached hydrogen (secondary N) is 2. The molecule has 0 aliphatic carbocycles. The Morgan fingerprint density at radius 1 is 1.19 bits per heavy atom. The fourth-order valence-electron chi connectivity index (χ4n) is 1.70. The van der Waals surface area contributed by atoms with Crippen molar-refractivity contribution in [2.45, 2.75) is 18.6 Å². The number of hydrogen-bond donors (Lipinski definition) is 3. The van der Waals surface area contributed by atoms with Crippen molar-refractivity contribution in [3.8, 4) is 5.75 Å². The number of hydrogen-bond acceptors (Lipinski definition) is 7. The molecule has 3 N–H and O–H groups in total. The molecule has 0 bridgehead atoms. The van der Waals surface area contributed by atoms with Gasteiger partial charge in [0.2, 0.25) is 11.8 Å². The molecule has 0 saturated carbocycles. The van der Waals surface area contributed by atoms with Gasteiger partial charge in [0.15, 0.2) is 9.84 Å². The van der Waals surface area contributed by atoms with Gasteiger partial charge in [-0.05, 0) is 19.5 Å². The number of carbonyl (C=O) groups is 2. The SMILES string of the molecule is CC(C)(C(=O)Nc1[c-]cc(NC(=O)c2cncnc2)c(O)c1)S(C)(=O)=O.[Y+3]. The molecular formula is C16H17N4O5SY+2.